The molecule has 0 saturated heterocycles. The minimum absolute atomic E-state index is 0.223. The van der Waals surface area contributed by atoms with Crippen LogP contribution < -0.4 is 22.9 Å². The molecular formula is C28H30N4. The van der Waals surface area contributed by atoms with Crippen molar-refractivity contribution in [2.45, 2.75) is 18.5 Å². The first-order chi connectivity index (χ1) is 15.4. The standard InChI is InChI=1S/C28H30N4/c29-25-15-12-20(13-16-25)11-14-23-19-24(17-21-7-3-1-4-8-21)28(31,32)26(27(23)30)18-22-9-5-2-6-10-22/h1-16,19,26H,17-18,29-32H2. The van der Waals surface area contributed by atoms with Gasteiger partial charge < -0.3 is 22.9 Å². The molecule has 162 valence electrons. The zero-order chi connectivity index (χ0) is 22.6. The summed E-state index contributed by atoms with van der Waals surface area (Å²) in [6.07, 6.45) is 7.48. The van der Waals surface area contributed by atoms with E-state index < -0.39 is 5.66 Å². The minimum atomic E-state index is -1.05. The third kappa shape index (κ3) is 4.83. The molecule has 4 nitrogen and oxygen atoms in total. The zero-order valence-electron chi connectivity index (χ0n) is 18.1. The molecule has 0 fully saturated rings. The molecule has 8 N–H and O–H groups in total. The highest BCUT2D eigenvalue weighted by Gasteiger charge is 2.39. The molecule has 3 aromatic carbocycles. The first-order valence-electron chi connectivity index (χ1n) is 10.8. The normalized spacial score (nSPS) is 18.1. The van der Waals surface area contributed by atoms with Gasteiger partial charge in [-0.2, -0.15) is 0 Å². The molecule has 1 unspecified atom stereocenters. The maximum atomic E-state index is 6.80. The molecule has 0 saturated carbocycles. The largest absolute Gasteiger partial charge is 0.401 e. The number of benzene rings is 3. The number of allylic oxidation sites excluding steroid dienone is 3. The summed E-state index contributed by atoms with van der Waals surface area (Å²) in [5, 5.41) is 0. The van der Waals surface area contributed by atoms with Gasteiger partial charge in [0.15, 0.2) is 0 Å². The molecule has 1 aliphatic rings. The lowest BCUT2D eigenvalue weighted by molar-refractivity contribution is 0.351. The molecule has 0 bridgehead atoms. The summed E-state index contributed by atoms with van der Waals surface area (Å²) >= 11 is 0. The van der Waals surface area contributed by atoms with E-state index in [1.54, 1.807) is 0 Å². The Kier molecular flexibility index (Phi) is 6.26. The number of hydrogen-bond acceptors (Lipinski definition) is 4. The molecule has 4 rings (SSSR count). The van der Waals surface area contributed by atoms with Crippen molar-refractivity contribution >= 4 is 11.8 Å². The van der Waals surface area contributed by atoms with Gasteiger partial charge in [0.05, 0.1) is 5.66 Å². The Bertz CT molecular complexity index is 1140. The van der Waals surface area contributed by atoms with Crippen molar-refractivity contribution in [1.82, 2.24) is 0 Å². The first-order valence-corrected chi connectivity index (χ1v) is 10.8. The van der Waals surface area contributed by atoms with E-state index in [0.717, 1.165) is 28.0 Å². The van der Waals surface area contributed by atoms with Crippen LogP contribution in [0.3, 0.4) is 0 Å². The molecule has 0 spiro atoms. The molecule has 3 aromatic rings. The van der Waals surface area contributed by atoms with Gasteiger partial charge in [0.1, 0.15) is 0 Å². The van der Waals surface area contributed by atoms with Crippen LogP contribution in [-0.4, -0.2) is 5.66 Å². The van der Waals surface area contributed by atoms with Crippen LogP contribution in [-0.2, 0) is 12.8 Å². The number of nitrogen functional groups attached to an aromatic ring is 1. The van der Waals surface area contributed by atoms with Gasteiger partial charge in [-0.25, -0.2) is 0 Å². The average molecular weight is 423 g/mol. The Labute approximate surface area is 189 Å². The Hall–Kier alpha value is -3.60. The van der Waals surface area contributed by atoms with E-state index in [2.05, 4.69) is 30.3 Å². The maximum Gasteiger partial charge on any atom is 0.0953 e. The Morgan fingerprint density at radius 3 is 1.94 bits per heavy atom. The van der Waals surface area contributed by atoms with Crippen molar-refractivity contribution in [3.05, 3.63) is 131 Å². The highest BCUT2D eigenvalue weighted by Crippen LogP contribution is 2.36. The maximum absolute atomic E-state index is 6.80. The van der Waals surface area contributed by atoms with Gasteiger partial charge in [0, 0.05) is 17.3 Å². The summed E-state index contributed by atoms with van der Waals surface area (Å²) in [6, 6.07) is 28.2. The van der Waals surface area contributed by atoms with E-state index in [-0.39, 0.29) is 5.92 Å². The molecule has 0 aliphatic heterocycles. The molecule has 4 heteroatoms. The Balaban J connectivity index is 1.72. The second-order valence-corrected chi connectivity index (χ2v) is 8.42. The first kappa shape index (κ1) is 21.6. The van der Waals surface area contributed by atoms with Crippen LogP contribution in [0.5, 0.6) is 0 Å². The van der Waals surface area contributed by atoms with E-state index in [1.807, 2.05) is 72.8 Å². The van der Waals surface area contributed by atoms with Crippen LogP contribution in [0.2, 0.25) is 0 Å². The van der Waals surface area contributed by atoms with Gasteiger partial charge in [-0.3, -0.25) is 0 Å². The zero-order valence-corrected chi connectivity index (χ0v) is 18.1. The van der Waals surface area contributed by atoms with E-state index in [0.29, 0.717) is 18.5 Å². The Morgan fingerprint density at radius 1 is 0.719 bits per heavy atom. The van der Waals surface area contributed by atoms with Crippen LogP contribution >= 0.6 is 0 Å². The third-order valence-corrected chi connectivity index (χ3v) is 6.08. The van der Waals surface area contributed by atoms with E-state index in [1.165, 1.54) is 5.56 Å². The summed E-state index contributed by atoms with van der Waals surface area (Å²) < 4.78 is 0. The molecular weight excluding hydrogens is 392 g/mol. The van der Waals surface area contributed by atoms with Crippen molar-refractivity contribution in [3.63, 3.8) is 0 Å². The lowest BCUT2D eigenvalue weighted by atomic mass is 9.73. The van der Waals surface area contributed by atoms with Gasteiger partial charge >= 0.3 is 0 Å². The predicted octanol–water partition coefficient (Wildman–Crippen LogP) is 4.15. The highest BCUT2D eigenvalue weighted by atomic mass is 15.0. The van der Waals surface area contributed by atoms with Crippen LogP contribution in [0.1, 0.15) is 16.7 Å². The number of rotatable bonds is 6. The van der Waals surface area contributed by atoms with Gasteiger partial charge in [0.25, 0.3) is 0 Å². The average Bonchev–Trinajstić information content (AvgIpc) is 2.80. The highest BCUT2D eigenvalue weighted by molar-refractivity contribution is 5.60. The summed E-state index contributed by atoms with van der Waals surface area (Å²) in [5.41, 5.74) is 31.8. The van der Waals surface area contributed by atoms with E-state index in [9.17, 15) is 0 Å². The van der Waals surface area contributed by atoms with Gasteiger partial charge in [-0.1, -0.05) is 91.0 Å². The van der Waals surface area contributed by atoms with Crippen molar-refractivity contribution in [1.29, 1.82) is 0 Å². The summed E-state index contributed by atoms with van der Waals surface area (Å²) in [6.45, 7) is 0. The summed E-state index contributed by atoms with van der Waals surface area (Å²) in [4.78, 5) is 0. The third-order valence-electron chi connectivity index (χ3n) is 6.08. The smallest absolute Gasteiger partial charge is 0.0953 e. The fourth-order valence-electron chi connectivity index (χ4n) is 4.16. The van der Waals surface area contributed by atoms with Crippen molar-refractivity contribution in [2.75, 3.05) is 5.73 Å². The summed E-state index contributed by atoms with van der Waals surface area (Å²) in [7, 11) is 0. The Morgan fingerprint density at radius 2 is 1.31 bits per heavy atom. The van der Waals surface area contributed by atoms with Crippen LogP contribution in [0.4, 0.5) is 5.69 Å². The molecule has 0 aromatic heterocycles. The lowest BCUT2D eigenvalue weighted by Crippen LogP contribution is -2.60. The molecule has 1 aliphatic carbocycles. The fourth-order valence-corrected chi connectivity index (χ4v) is 4.16. The topological polar surface area (TPSA) is 104 Å². The molecule has 0 radical (unpaired) electrons. The predicted molar refractivity (Wildman–Crippen MR) is 134 cm³/mol. The van der Waals surface area contributed by atoms with Crippen molar-refractivity contribution in [3.8, 4) is 0 Å². The van der Waals surface area contributed by atoms with Crippen molar-refractivity contribution < 1.29 is 0 Å². The van der Waals surface area contributed by atoms with E-state index >= 15 is 0 Å². The molecule has 32 heavy (non-hydrogen) atoms. The van der Waals surface area contributed by atoms with Crippen LogP contribution in [0.15, 0.2) is 114 Å². The van der Waals surface area contributed by atoms with Crippen LogP contribution in [0.25, 0.3) is 6.08 Å². The molecule has 1 atom stereocenters. The second kappa shape index (κ2) is 9.27. The van der Waals surface area contributed by atoms with Gasteiger partial charge in [0.2, 0.25) is 0 Å². The van der Waals surface area contributed by atoms with Gasteiger partial charge in [-0.05, 0) is 52.8 Å². The lowest BCUT2D eigenvalue weighted by Gasteiger charge is -2.40. The number of nitrogens with two attached hydrogens (primary N) is 4. The number of anilines is 1. The van der Waals surface area contributed by atoms with E-state index in [4.69, 9.17) is 22.9 Å². The number of hydrogen-bond donors (Lipinski definition) is 4. The van der Waals surface area contributed by atoms with Crippen LogP contribution in [0, 0.1) is 5.92 Å². The molecule has 0 amide bonds. The summed E-state index contributed by atoms with van der Waals surface area (Å²) in [5.74, 6) is -0.223. The SMILES string of the molecule is NC1=C(C=Cc2ccc(N)cc2)C=C(Cc2ccccc2)C(N)(N)C1Cc1ccccc1. The quantitative estimate of drug-likeness (QED) is 0.354. The van der Waals surface area contributed by atoms with Gasteiger partial charge in [-0.15, -0.1) is 0 Å². The monoisotopic (exact) mass is 422 g/mol. The fraction of sp³-hybridized carbons (Fsp3) is 0.143. The van der Waals surface area contributed by atoms with Crippen molar-refractivity contribution in [2.24, 2.45) is 23.1 Å². The molecule has 0 heterocycles. The second-order valence-electron chi connectivity index (χ2n) is 8.42. The minimum Gasteiger partial charge on any atom is -0.401 e.